The number of benzene rings is 1. The highest BCUT2D eigenvalue weighted by Crippen LogP contribution is 2.22. The predicted molar refractivity (Wildman–Crippen MR) is 71.4 cm³/mol. The Balaban J connectivity index is 2.98. The minimum absolute atomic E-state index is 0.0392. The molecule has 0 heterocycles. The molecule has 0 aliphatic heterocycles. The maximum absolute atomic E-state index is 12.2. The maximum atomic E-state index is 12.2. The van der Waals surface area contributed by atoms with Gasteiger partial charge in [0.25, 0.3) is 0 Å². The van der Waals surface area contributed by atoms with Crippen LogP contribution in [0, 0.1) is 0 Å². The van der Waals surface area contributed by atoms with Gasteiger partial charge < -0.3 is 15.1 Å². The molecule has 0 aromatic heterocycles. The van der Waals surface area contributed by atoms with E-state index in [0.717, 1.165) is 4.90 Å². The van der Waals surface area contributed by atoms with Crippen LogP contribution in [0.4, 0.5) is 10.5 Å². The molecule has 0 aliphatic rings. The number of phenols is 1. The van der Waals surface area contributed by atoms with Crippen molar-refractivity contribution in [2.45, 2.75) is 19.4 Å². The first kappa shape index (κ1) is 14.8. The summed E-state index contributed by atoms with van der Waals surface area (Å²) in [5, 5.41) is 18.5. The Morgan fingerprint density at radius 1 is 1.21 bits per heavy atom. The largest absolute Gasteiger partial charge is 0.508 e. The van der Waals surface area contributed by atoms with Crippen molar-refractivity contribution in [3.63, 3.8) is 0 Å². The molecule has 0 aliphatic carbocycles. The molecule has 0 fully saturated rings. The zero-order valence-corrected chi connectivity index (χ0v) is 11.4. The Bertz CT molecular complexity index is 499. The summed E-state index contributed by atoms with van der Waals surface area (Å²) in [5.74, 6) is -1.05. The van der Waals surface area contributed by atoms with E-state index in [4.69, 9.17) is 5.11 Å². The van der Waals surface area contributed by atoms with E-state index >= 15 is 0 Å². The van der Waals surface area contributed by atoms with Gasteiger partial charge in [-0.05, 0) is 26.0 Å². The lowest BCUT2D eigenvalue weighted by molar-refractivity contribution is -0.146. The van der Waals surface area contributed by atoms with Gasteiger partial charge in [-0.3, -0.25) is 4.90 Å². The van der Waals surface area contributed by atoms with Crippen LogP contribution in [0.5, 0.6) is 5.75 Å². The fraction of sp³-hybridized carbons (Fsp3) is 0.385. The predicted octanol–water partition coefficient (Wildman–Crippen LogP) is 1.74. The molecule has 1 aromatic rings. The van der Waals surface area contributed by atoms with Gasteiger partial charge in [-0.15, -0.1) is 0 Å². The quantitative estimate of drug-likeness (QED) is 0.873. The van der Waals surface area contributed by atoms with Crippen molar-refractivity contribution >= 4 is 17.7 Å². The third kappa shape index (κ3) is 2.96. The molecule has 0 spiro atoms. The van der Waals surface area contributed by atoms with Gasteiger partial charge in [-0.2, -0.15) is 0 Å². The van der Waals surface area contributed by atoms with Crippen LogP contribution < -0.4 is 4.90 Å². The number of hydrogen-bond donors (Lipinski definition) is 2. The van der Waals surface area contributed by atoms with Gasteiger partial charge in [0.1, 0.15) is 11.3 Å². The number of carbonyl (C=O) groups excluding carboxylic acids is 1. The topological polar surface area (TPSA) is 81.1 Å². The van der Waals surface area contributed by atoms with Crippen molar-refractivity contribution in [1.29, 1.82) is 0 Å². The highest BCUT2D eigenvalue weighted by Gasteiger charge is 2.36. The minimum Gasteiger partial charge on any atom is -0.508 e. The Morgan fingerprint density at radius 2 is 1.79 bits per heavy atom. The van der Waals surface area contributed by atoms with Crippen molar-refractivity contribution < 1.29 is 19.8 Å². The van der Waals surface area contributed by atoms with Gasteiger partial charge in [0.15, 0.2) is 0 Å². The SMILES string of the molecule is CN(C(=O)N(C)C(C)(C)C(=O)O)c1cccc(O)c1. The number of carboxylic acids is 1. The number of rotatable bonds is 3. The molecule has 0 atom stereocenters. The lowest BCUT2D eigenvalue weighted by atomic mass is 10.0. The Kier molecular flexibility index (Phi) is 4.04. The van der Waals surface area contributed by atoms with E-state index < -0.39 is 17.5 Å². The number of aromatic hydroxyl groups is 1. The Morgan fingerprint density at radius 3 is 2.26 bits per heavy atom. The fourth-order valence-corrected chi connectivity index (χ4v) is 1.42. The molecule has 0 radical (unpaired) electrons. The molecule has 2 amide bonds. The van der Waals surface area contributed by atoms with Crippen molar-refractivity contribution in [3.8, 4) is 5.75 Å². The molecule has 0 bridgehead atoms. The van der Waals surface area contributed by atoms with Crippen molar-refractivity contribution in [3.05, 3.63) is 24.3 Å². The lowest BCUT2D eigenvalue weighted by Gasteiger charge is -2.34. The second-order valence-corrected chi connectivity index (χ2v) is 4.78. The molecule has 6 nitrogen and oxygen atoms in total. The van der Waals surface area contributed by atoms with Crippen LogP contribution in [-0.2, 0) is 4.79 Å². The molecule has 2 N–H and O–H groups in total. The number of nitrogens with zero attached hydrogens (tertiary/aromatic N) is 2. The van der Waals surface area contributed by atoms with Gasteiger partial charge in [0, 0.05) is 25.8 Å². The summed E-state index contributed by atoms with van der Waals surface area (Å²) in [5.41, 5.74) is -0.833. The molecule has 6 heteroatoms. The summed E-state index contributed by atoms with van der Waals surface area (Å²) in [6.07, 6.45) is 0. The Labute approximate surface area is 111 Å². The number of amides is 2. The number of hydrogen-bond acceptors (Lipinski definition) is 3. The average Bonchev–Trinajstić information content (AvgIpc) is 2.35. The van der Waals surface area contributed by atoms with E-state index in [1.807, 2.05) is 0 Å². The molecule has 0 saturated carbocycles. The highest BCUT2D eigenvalue weighted by molar-refractivity contribution is 5.95. The van der Waals surface area contributed by atoms with Crippen LogP contribution in [-0.4, -0.2) is 46.7 Å². The van der Waals surface area contributed by atoms with Crippen LogP contribution in [0.15, 0.2) is 24.3 Å². The molecule has 1 rings (SSSR count). The summed E-state index contributed by atoms with van der Waals surface area (Å²) < 4.78 is 0. The van der Waals surface area contributed by atoms with Gasteiger partial charge >= 0.3 is 12.0 Å². The number of anilines is 1. The van der Waals surface area contributed by atoms with Crippen LogP contribution >= 0.6 is 0 Å². The molecular weight excluding hydrogens is 248 g/mol. The van der Waals surface area contributed by atoms with E-state index in [-0.39, 0.29) is 5.75 Å². The summed E-state index contributed by atoms with van der Waals surface area (Å²) in [6.45, 7) is 2.90. The molecule has 104 valence electrons. The van der Waals surface area contributed by atoms with E-state index in [0.29, 0.717) is 5.69 Å². The van der Waals surface area contributed by atoms with Gasteiger partial charge in [0.2, 0.25) is 0 Å². The van der Waals surface area contributed by atoms with Crippen LogP contribution in [0.2, 0.25) is 0 Å². The van der Waals surface area contributed by atoms with E-state index in [9.17, 15) is 14.7 Å². The zero-order valence-electron chi connectivity index (χ0n) is 11.4. The zero-order chi connectivity index (χ0) is 14.8. The monoisotopic (exact) mass is 266 g/mol. The van der Waals surface area contributed by atoms with Crippen LogP contribution in [0.3, 0.4) is 0 Å². The number of likely N-dealkylation sites (N-methyl/N-ethyl adjacent to an activating group) is 1. The first-order chi connectivity index (χ1) is 8.67. The summed E-state index contributed by atoms with van der Waals surface area (Å²) in [4.78, 5) is 25.8. The number of carbonyl (C=O) groups is 2. The average molecular weight is 266 g/mol. The van der Waals surface area contributed by atoms with Crippen molar-refractivity contribution in [1.82, 2.24) is 4.90 Å². The standard InChI is InChI=1S/C13H18N2O4/c1-13(2,11(17)18)15(4)12(19)14(3)9-6-5-7-10(16)8-9/h5-8,16H,1-4H3,(H,17,18). The van der Waals surface area contributed by atoms with E-state index in [1.54, 1.807) is 12.1 Å². The van der Waals surface area contributed by atoms with Crippen LogP contribution in [0.1, 0.15) is 13.8 Å². The number of aliphatic carboxylic acids is 1. The molecule has 1 aromatic carbocycles. The first-order valence-electron chi connectivity index (χ1n) is 5.72. The lowest BCUT2D eigenvalue weighted by Crippen LogP contribution is -2.54. The molecule has 0 unspecified atom stereocenters. The Hall–Kier alpha value is -2.24. The third-order valence-electron chi connectivity index (χ3n) is 3.15. The first-order valence-corrected chi connectivity index (χ1v) is 5.72. The van der Waals surface area contributed by atoms with E-state index in [2.05, 4.69) is 0 Å². The fourth-order valence-electron chi connectivity index (χ4n) is 1.42. The molecule has 0 saturated heterocycles. The third-order valence-corrected chi connectivity index (χ3v) is 3.15. The molecule has 19 heavy (non-hydrogen) atoms. The van der Waals surface area contributed by atoms with Crippen molar-refractivity contribution in [2.24, 2.45) is 0 Å². The minimum atomic E-state index is -1.32. The van der Waals surface area contributed by atoms with Gasteiger partial charge in [-0.25, -0.2) is 9.59 Å². The molecular formula is C13H18N2O4. The maximum Gasteiger partial charge on any atom is 0.329 e. The number of carboxylic acid groups (broad SMARTS) is 1. The summed E-state index contributed by atoms with van der Waals surface area (Å²) in [6, 6.07) is 5.71. The second-order valence-electron chi connectivity index (χ2n) is 4.78. The smallest absolute Gasteiger partial charge is 0.329 e. The summed E-state index contributed by atoms with van der Waals surface area (Å²) >= 11 is 0. The normalized spacial score (nSPS) is 10.9. The van der Waals surface area contributed by atoms with Crippen LogP contribution in [0.25, 0.3) is 0 Å². The van der Waals surface area contributed by atoms with E-state index in [1.165, 1.54) is 45.0 Å². The summed E-state index contributed by atoms with van der Waals surface area (Å²) in [7, 11) is 2.95. The van der Waals surface area contributed by atoms with Gasteiger partial charge in [0.05, 0.1) is 0 Å². The number of phenolic OH excluding ortho intramolecular Hbond substituents is 1. The number of urea groups is 1. The van der Waals surface area contributed by atoms with Crippen molar-refractivity contribution in [2.75, 3.05) is 19.0 Å². The van der Waals surface area contributed by atoms with Gasteiger partial charge in [-0.1, -0.05) is 6.07 Å². The second kappa shape index (κ2) is 5.17. The highest BCUT2D eigenvalue weighted by atomic mass is 16.4.